The number of amides is 1. The molecule has 150 valence electrons. The molecule has 0 bridgehead atoms. The molecule has 2 aliphatic rings. The number of ether oxygens (including phenoxy) is 3. The van der Waals surface area contributed by atoms with Gasteiger partial charge in [-0.1, -0.05) is 35.5 Å². The lowest BCUT2D eigenvalue weighted by Crippen LogP contribution is -2.36. The van der Waals surface area contributed by atoms with Crippen molar-refractivity contribution in [2.45, 2.75) is 37.4 Å². The first kappa shape index (κ1) is 18.9. The van der Waals surface area contributed by atoms with Crippen LogP contribution in [0.25, 0.3) is 0 Å². The van der Waals surface area contributed by atoms with Crippen molar-refractivity contribution in [2.24, 2.45) is 0 Å². The van der Waals surface area contributed by atoms with Gasteiger partial charge in [-0.15, -0.1) is 5.10 Å². The number of benzene rings is 1. The van der Waals surface area contributed by atoms with Crippen molar-refractivity contribution in [1.29, 1.82) is 0 Å². The van der Waals surface area contributed by atoms with E-state index in [1.54, 1.807) is 4.68 Å². The standard InChI is InChI=1S/C19H25N5O4/c1-23(2)9-14-10-24(22-21-14)15-11-26-18-16(12-27-17(15)18)28-19(25)20-8-13-6-4-3-5-7-13/h3-7,10,15-18H,8-9,11-12H2,1-2H3,(H,20,25)/t15-,16+,17+,18+/m0/s1. The Morgan fingerprint density at radius 2 is 2.04 bits per heavy atom. The first-order chi connectivity index (χ1) is 13.6. The SMILES string of the molecule is CN(C)Cc1cn([C@H]2CO[C@H]3[C@@H]2OC[C@H]3OC(=O)NCc2ccccc2)nn1. The van der Waals surface area contributed by atoms with E-state index in [-0.39, 0.29) is 18.2 Å². The lowest BCUT2D eigenvalue weighted by atomic mass is 10.1. The second-order valence-electron chi connectivity index (χ2n) is 7.37. The molecule has 0 aliphatic carbocycles. The summed E-state index contributed by atoms with van der Waals surface area (Å²) in [5, 5.41) is 11.2. The number of aromatic nitrogens is 3. The first-order valence-corrected chi connectivity index (χ1v) is 9.37. The molecule has 1 aromatic heterocycles. The Kier molecular flexibility index (Phi) is 5.56. The zero-order valence-electron chi connectivity index (χ0n) is 16.0. The van der Waals surface area contributed by atoms with Crippen molar-refractivity contribution < 1.29 is 19.0 Å². The summed E-state index contributed by atoms with van der Waals surface area (Å²) in [6.07, 6.45) is 0.505. The van der Waals surface area contributed by atoms with E-state index in [9.17, 15) is 4.79 Å². The van der Waals surface area contributed by atoms with Gasteiger partial charge in [0.05, 0.1) is 25.1 Å². The van der Waals surface area contributed by atoms with E-state index in [1.165, 1.54) is 0 Å². The van der Waals surface area contributed by atoms with Gasteiger partial charge in [0.2, 0.25) is 0 Å². The number of nitrogens with zero attached hydrogens (tertiary/aromatic N) is 4. The normalized spacial score (nSPS) is 26.4. The van der Waals surface area contributed by atoms with Crippen molar-refractivity contribution in [2.75, 3.05) is 27.3 Å². The second-order valence-corrected chi connectivity index (χ2v) is 7.37. The summed E-state index contributed by atoms with van der Waals surface area (Å²) in [6, 6.07) is 9.61. The predicted molar refractivity (Wildman–Crippen MR) is 99.5 cm³/mol. The van der Waals surface area contributed by atoms with Gasteiger partial charge in [-0.3, -0.25) is 0 Å². The molecule has 4 rings (SSSR count). The highest BCUT2D eigenvalue weighted by molar-refractivity contribution is 5.67. The van der Waals surface area contributed by atoms with E-state index in [1.807, 2.05) is 55.5 Å². The summed E-state index contributed by atoms with van der Waals surface area (Å²) < 4.78 is 19.1. The van der Waals surface area contributed by atoms with E-state index in [0.29, 0.717) is 19.8 Å². The van der Waals surface area contributed by atoms with Crippen LogP contribution in [0.5, 0.6) is 0 Å². The highest BCUT2D eigenvalue weighted by Gasteiger charge is 2.50. The summed E-state index contributed by atoms with van der Waals surface area (Å²) >= 11 is 0. The van der Waals surface area contributed by atoms with E-state index >= 15 is 0 Å². The van der Waals surface area contributed by atoms with Gasteiger partial charge < -0.3 is 24.4 Å². The molecule has 3 heterocycles. The van der Waals surface area contributed by atoms with Crippen molar-refractivity contribution >= 4 is 6.09 Å². The van der Waals surface area contributed by atoms with Gasteiger partial charge in [-0.25, -0.2) is 9.48 Å². The molecule has 9 nitrogen and oxygen atoms in total. The Labute approximate surface area is 163 Å². The van der Waals surface area contributed by atoms with Gasteiger partial charge in [0, 0.05) is 13.1 Å². The minimum absolute atomic E-state index is 0.0746. The van der Waals surface area contributed by atoms with Crippen molar-refractivity contribution in [3.8, 4) is 0 Å². The molecule has 0 spiro atoms. The molecule has 9 heteroatoms. The summed E-state index contributed by atoms with van der Waals surface area (Å²) in [7, 11) is 3.97. The van der Waals surface area contributed by atoms with Crippen LogP contribution in [0.2, 0.25) is 0 Å². The number of alkyl carbamates (subject to hydrolysis) is 1. The zero-order chi connectivity index (χ0) is 19.5. The van der Waals surface area contributed by atoms with Crippen molar-refractivity contribution in [3.63, 3.8) is 0 Å². The molecule has 2 aliphatic heterocycles. The minimum atomic E-state index is -0.473. The fraction of sp³-hybridized carbons (Fsp3) is 0.526. The molecule has 0 unspecified atom stereocenters. The maximum absolute atomic E-state index is 12.1. The van der Waals surface area contributed by atoms with Crippen LogP contribution >= 0.6 is 0 Å². The smallest absolute Gasteiger partial charge is 0.407 e. The lowest BCUT2D eigenvalue weighted by Gasteiger charge is -2.17. The highest BCUT2D eigenvalue weighted by atomic mass is 16.6. The van der Waals surface area contributed by atoms with E-state index < -0.39 is 12.2 Å². The van der Waals surface area contributed by atoms with Gasteiger partial charge >= 0.3 is 6.09 Å². The number of rotatable bonds is 6. The molecule has 2 fully saturated rings. The molecule has 2 saturated heterocycles. The van der Waals surface area contributed by atoms with Gasteiger partial charge in [-0.05, 0) is 19.7 Å². The monoisotopic (exact) mass is 387 g/mol. The second kappa shape index (κ2) is 8.26. The maximum Gasteiger partial charge on any atom is 0.407 e. The molecular formula is C19H25N5O4. The van der Waals surface area contributed by atoms with E-state index in [4.69, 9.17) is 14.2 Å². The average molecular weight is 387 g/mol. The molecule has 28 heavy (non-hydrogen) atoms. The third-order valence-corrected chi connectivity index (χ3v) is 4.90. The fourth-order valence-electron chi connectivity index (χ4n) is 3.59. The zero-order valence-corrected chi connectivity index (χ0v) is 16.0. The van der Waals surface area contributed by atoms with Crippen LogP contribution in [0.1, 0.15) is 17.3 Å². The highest BCUT2D eigenvalue weighted by Crippen LogP contribution is 2.35. The van der Waals surface area contributed by atoms with Crippen LogP contribution in [-0.2, 0) is 27.3 Å². The summed E-state index contributed by atoms with van der Waals surface area (Å²) in [5.41, 5.74) is 1.90. The molecule has 2 aromatic rings. The van der Waals surface area contributed by atoms with E-state index in [2.05, 4.69) is 15.6 Å². The fourth-order valence-corrected chi connectivity index (χ4v) is 3.59. The molecule has 4 atom stereocenters. The third-order valence-electron chi connectivity index (χ3n) is 4.90. The van der Waals surface area contributed by atoms with E-state index in [0.717, 1.165) is 17.8 Å². The number of carbonyl (C=O) groups excluding carboxylic acids is 1. The minimum Gasteiger partial charge on any atom is -0.441 e. The maximum atomic E-state index is 12.1. The summed E-state index contributed by atoms with van der Waals surface area (Å²) in [5.74, 6) is 0. The average Bonchev–Trinajstić information content (AvgIpc) is 3.38. The Morgan fingerprint density at radius 1 is 1.25 bits per heavy atom. The number of nitrogens with one attached hydrogen (secondary N) is 1. The third kappa shape index (κ3) is 4.16. The molecule has 1 amide bonds. The molecule has 1 N–H and O–H groups in total. The van der Waals surface area contributed by atoms with Crippen LogP contribution in [-0.4, -0.2) is 71.6 Å². The number of hydrogen-bond donors (Lipinski definition) is 1. The van der Waals surface area contributed by atoms with Crippen LogP contribution in [0.4, 0.5) is 4.79 Å². The van der Waals surface area contributed by atoms with Crippen LogP contribution in [0.3, 0.4) is 0 Å². The first-order valence-electron chi connectivity index (χ1n) is 9.37. The van der Waals surface area contributed by atoms with Gasteiger partial charge in [-0.2, -0.15) is 0 Å². The van der Waals surface area contributed by atoms with Crippen molar-refractivity contribution in [3.05, 3.63) is 47.8 Å². The topological polar surface area (TPSA) is 90.7 Å². The largest absolute Gasteiger partial charge is 0.441 e. The number of fused-ring (bicyclic) bond motifs is 1. The Morgan fingerprint density at radius 3 is 2.82 bits per heavy atom. The van der Waals surface area contributed by atoms with Crippen molar-refractivity contribution in [1.82, 2.24) is 25.2 Å². The summed E-state index contributed by atoms with van der Waals surface area (Å²) in [6.45, 7) is 1.89. The molecular weight excluding hydrogens is 362 g/mol. The van der Waals surface area contributed by atoms with Gasteiger partial charge in [0.25, 0.3) is 0 Å². The quantitative estimate of drug-likeness (QED) is 0.790. The lowest BCUT2D eigenvalue weighted by molar-refractivity contribution is 0.00287. The molecule has 0 saturated carbocycles. The number of carbonyl (C=O) groups is 1. The molecule has 1 aromatic carbocycles. The van der Waals surface area contributed by atoms with Crippen LogP contribution in [0, 0.1) is 0 Å². The molecule has 0 radical (unpaired) electrons. The number of hydrogen-bond acceptors (Lipinski definition) is 7. The Bertz CT molecular complexity index is 797. The van der Waals surface area contributed by atoms with Crippen LogP contribution < -0.4 is 5.32 Å². The van der Waals surface area contributed by atoms with Crippen LogP contribution in [0.15, 0.2) is 36.5 Å². The van der Waals surface area contributed by atoms with Gasteiger partial charge in [0.15, 0.2) is 6.10 Å². The summed E-state index contributed by atoms with van der Waals surface area (Å²) in [4.78, 5) is 14.2. The Balaban J connectivity index is 1.31. The Hall–Kier alpha value is -2.49. The van der Waals surface area contributed by atoms with Gasteiger partial charge in [0.1, 0.15) is 18.2 Å². The predicted octanol–water partition coefficient (Wildman–Crippen LogP) is 0.973.